The van der Waals surface area contributed by atoms with Gasteiger partial charge in [0.15, 0.2) is 0 Å². The van der Waals surface area contributed by atoms with Gasteiger partial charge in [-0.15, -0.1) is 0 Å². The topological polar surface area (TPSA) is 24.9 Å². The lowest BCUT2D eigenvalue weighted by Crippen LogP contribution is -2.10. The van der Waals surface area contributed by atoms with Crippen LogP contribution in [-0.4, -0.2) is 4.98 Å². The van der Waals surface area contributed by atoms with E-state index in [9.17, 15) is 17.6 Å². The van der Waals surface area contributed by atoms with E-state index < -0.39 is 17.6 Å². The predicted molar refractivity (Wildman–Crippen MR) is 67.7 cm³/mol. The van der Waals surface area contributed by atoms with Crippen LogP contribution < -0.4 is 5.32 Å². The molecule has 1 heterocycles. The maximum Gasteiger partial charge on any atom is 0.416 e. The third-order valence-electron chi connectivity index (χ3n) is 2.87. The maximum atomic E-state index is 13.7. The number of nitrogens with one attached hydrogen (secondary N) is 1. The van der Waals surface area contributed by atoms with Crippen LogP contribution in [0.25, 0.3) is 0 Å². The average molecular weight is 284 g/mol. The van der Waals surface area contributed by atoms with E-state index in [4.69, 9.17) is 0 Å². The highest BCUT2D eigenvalue weighted by Gasteiger charge is 2.31. The Bertz CT molecular complexity index is 581. The van der Waals surface area contributed by atoms with Crippen molar-refractivity contribution in [2.24, 2.45) is 0 Å². The zero-order valence-electron chi connectivity index (χ0n) is 10.6. The van der Waals surface area contributed by atoms with E-state index in [1.165, 1.54) is 0 Å². The fourth-order valence-electron chi connectivity index (χ4n) is 1.78. The first kappa shape index (κ1) is 14.3. The van der Waals surface area contributed by atoms with Gasteiger partial charge in [0.2, 0.25) is 0 Å². The number of pyridine rings is 1. The molecule has 20 heavy (non-hydrogen) atoms. The quantitative estimate of drug-likeness (QED) is 0.844. The van der Waals surface area contributed by atoms with Crippen molar-refractivity contribution in [3.05, 3.63) is 59.7 Å². The largest absolute Gasteiger partial charge is 0.416 e. The lowest BCUT2D eigenvalue weighted by atomic mass is 10.1. The van der Waals surface area contributed by atoms with Crippen LogP contribution in [0.4, 0.5) is 23.2 Å². The Hall–Kier alpha value is -2.11. The molecule has 2 nitrogen and oxygen atoms in total. The zero-order chi connectivity index (χ0) is 14.8. The first-order chi connectivity index (χ1) is 9.38. The molecule has 1 aromatic heterocycles. The summed E-state index contributed by atoms with van der Waals surface area (Å²) in [5.41, 5.74) is -0.112. The first-order valence-electron chi connectivity index (χ1n) is 5.91. The Labute approximate surface area is 113 Å². The molecule has 0 radical (unpaired) electrons. The molecule has 1 N–H and O–H groups in total. The number of alkyl halides is 3. The second kappa shape index (κ2) is 5.48. The summed E-state index contributed by atoms with van der Waals surface area (Å²) in [4.78, 5) is 3.86. The van der Waals surface area contributed by atoms with E-state index in [0.29, 0.717) is 6.07 Å². The third-order valence-corrected chi connectivity index (χ3v) is 2.87. The molecule has 0 aliphatic carbocycles. The molecule has 1 atom stereocenters. The van der Waals surface area contributed by atoms with Crippen LogP contribution in [-0.2, 0) is 6.18 Å². The number of hydrogen-bond donors (Lipinski definition) is 1. The van der Waals surface area contributed by atoms with Gasteiger partial charge in [-0.3, -0.25) is 4.98 Å². The SMILES string of the molecule is CC(Nc1ccc(C(F)(F)F)cc1F)c1ccncc1. The van der Waals surface area contributed by atoms with E-state index in [0.717, 1.165) is 17.7 Å². The molecule has 1 unspecified atom stereocenters. The molecule has 6 heteroatoms. The van der Waals surface area contributed by atoms with Gasteiger partial charge in [0, 0.05) is 18.4 Å². The number of nitrogens with zero attached hydrogens (tertiary/aromatic N) is 1. The van der Waals surface area contributed by atoms with Crippen molar-refractivity contribution < 1.29 is 17.6 Å². The summed E-state index contributed by atoms with van der Waals surface area (Å²) in [7, 11) is 0. The van der Waals surface area contributed by atoms with Crippen molar-refractivity contribution in [1.82, 2.24) is 4.98 Å². The average Bonchev–Trinajstić information content (AvgIpc) is 2.41. The lowest BCUT2D eigenvalue weighted by molar-refractivity contribution is -0.137. The van der Waals surface area contributed by atoms with Gasteiger partial charge in [-0.25, -0.2) is 4.39 Å². The van der Waals surface area contributed by atoms with E-state index >= 15 is 0 Å². The molecule has 0 amide bonds. The van der Waals surface area contributed by atoms with Crippen molar-refractivity contribution in [2.75, 3.05) is 5.32 Å². The molecule has 0 bridgehead atoms. The van der Waals surface area contributed by atoms with Crippen LogP contribution in [0.5, 0.6) is 0 Å². The van der Waals surface area contributed by atoms with Crippen LogP contribution in [0.15, 0.2) is 42.7 Å². The summed E-state index contributed by atoms with van der Waals surface area (Å²) >= 11 is 0. The van der Waals surface area contributed by atoms with E-state index in [1.54, 1.807) is 31.5 Å². The number of rotatable bonds is 3. The summed E-state index contributed by atoms with van der Waals surface area (Å²) in [6.45, 7) is 1.78. The van der Waals surface area contributed by atoms with Gasteiger partial charge in [-0.1, -0.05) is 0 Å². The summed E-state index contributed by atoms with van der Waals surface area (Å²) in [5.74, 6) is -0.930. The summed E-state index contributed by atoms with van der Waals surface area (Å²) in [6.07, 6.45) is -1.36. The van der Waals surface area contributed by atoms with Gasteiger partial charge in [0.05, 0.1) is 11.3 Å². The normalized spacial score (nSPS) is 13.1. The lowest BCUT2D eigenvalue weighted by Gasteiger charge is -2.17. The molecule has 1 aromatic carbocycles. The predicted octanol–water partition coefficient (Wildman–Crippen LogP) is 4.41. The van der Waals surface area contributed by atoms with Crippen molar-refractivity contribution in [3.63, 3.8) is 0 Å². The minimum absolute atomic E-state index is 0.0299. The molecule has 0 aliphatic rings. The Kier molecular flexibility index (Phi) is 3.92. The van der Waals surface area contributed by atoms with Crippen LogP contribution >= 0.6 is 0 Å². The van der Waals surface area contributed by atoms with Gasteiger partial charge < -0.3 is 5.32 Å². The molecule has 0 saturated carbocycles. The molecule has 0 aliphatic heterocycles. The van der Waals surface area contributed by atoms with Crippen molar-refractivity contribution in [2.45, 2.75) is 19.1 Å². The summed E-state index contributed by atoms with van der Waals surface area (Å²) < 4.78 is 51.0. The Morgan fingerprint density at radius 1 is 1.10 bits per heavy atom. The molecular formula is C14H12F4N2. The number of aromatic nitrogens is 1. The van der Waals surface area contributed by atoms with Gasteiger partial charge in [-0.2, -0.15) is 13.2 Å². The van der Waals surface area contributed by atoms with Crippen LogP contribution in [0.3, 0.4) is 0 Å². The Balaban J connectivity index is 2.18. The van der Waals surface area contributed by atoms with E-state index in [-0.39, 0.29) is 11.7 Å². The van der Waals surface area contributed by atoms with Crippen molar-refractivity contribution >= 4 is 5.69 Å². The van der Waals surface area contributed by atoms with Crippen LogP contribution in [0.1, 0.15) is 24.1 Å². The zero-order valence-corrected chi connectivity index (χ0v) is 10.6. The Morgan fingerprint density at radius 2 is 1.75 bits per heavy atom. The number of hydrogen-bond acceptors (Lipinski definition) is 2. The fourth-order valence-corrected chi connectivity index (χ4v) is 1.78. The first-order valence-corrected chi connectivity index (χ1v) is 5.91. The minimum atomic E-state index is -4.55. The monoisotopic (exact) mass is 284 g/mol. The van der Waals surface area contributed by atoms with Crippen molar-refractivity contribution in [3.8, 4) is 0 Å². The van der Waals surface area contributed by atoms with E-state index in [1.807, 2.05) is 0 Å². The molecule has 106 valence electrons. The molecular weight excluding hydrogens is 272 g/mol. The highest BCUT2D eigenvalue weighted by atomic mass is 19.4. The molecule has 2 rings (SSSR count). The van der Waals surface area contributed by atoms with Gasteiger partial charge in [0.1, 0.15) is 5.82 Å². The van der Waals surface area contributed by atoms with E-state index in [2.05, 4.69) is 10.3 Å². The fraction of sp³-hybridized carbons (Fsp3) is 0.214. The smallest absolute Gasteiger partial charge is 0.376 e. The Morgan fingerprint density at radius 3 is 2.30 bits per heavy atom. The number of halogens is 4. The summed E-state index contributed by atoms with van der Waals surface area (Å²) in [6, 6.07) is 5.69. The second-order valence-electron chi connectivity index (χ2n) is 4.34. The molecule has 0 fully saturated rings. The molecule has 0 spiro atoms. The van der Waals surface area contributed by atoms with Crippen LogP contribution in [0, 0.1) is 5.82 Å². The van der Waals surface area contributed by atoms with Crippen LogP contribution in [0.2, 0.25) is 0 Å². The molecule has 2 aromatic rings. The standard InChI is InChI=1S/C14H12F4N2/c1-9(10-4-6-19-7-5-10)20-13-3-2-11(8-12(13)15)14(16,17)18/h2-9,20H,1H3. The van der Waals surface area contributed by atoms with Gasteiger partial charge in [0.25, 0.3) is 0 Å². The highest BCUT2D eigenvalue weighted by molar-refractivity contribution is 5.48. The van der Waals surface area contributed by atoms with Gasteiger partial charge >= 0.3 is 6.18 Å². The summed E-state index contributed by atoms with van der Waals surface area (Å²) in [5, 5.41) is 2.83. The maximum absolute atomic E-state index is 13.7. The van der Waals surface area contributed by atoms with Crippen molar-refractivity contribution in [1.29, 1.82) is 0 Å². The molecule has 0 saturated heterocycles. The minimum Gasteiger partial charge on any atom is -0.376 e. The van der Waals surface area contributed by atoms with Gasteiger partial charge in [-0.05, 0) is 42.8 Å². The third kappa shape index (κ3) is 3.26. The second-order valence-corrected chi connectivity index (χ2v) is 4.34. The highest BCUT2D eigenvalue weighted by Crippen LogP contribution is 2.32. The number of anilines is 1. The number of benzene rings is 1.